The molecule has 0 bridgehead atoms. The highest BCUT2D eigenvalue weighted by atomic mass is 16.5. The molecule has 26 heavy (non-hydrogen) atoms. The molecule has 4 rings (SSSR count). The summed E-state index contributed by atoms with van der Waals surface area (Å²) in [5.41, 5.74) is 4.14. The second-order valence-corrected chi connectivity index (χ2v) is 6.93. The first-order chi connectivity index (χ1) is 12.6. The number of carbonyl (C=O) groups excluding carboxylic acids is 1. The Morgan fingerprint density at radius 3 is 2.81 bits per heavy atom. The van der Waals surface area contributed by atoms with Gasteiger partial charge in [0.05, 0.1) is 19.2 Å². The van der Waals surface area contributed by atoms with Gasteiger partial charge in [-0.25, -0.2) is 4.98 Å². The first-order valence-corrected chi connectivity index (χ1v) is 8.99. The molecule has 2 aromatic heterocycles. The average Bonchev–Trinajstić information content (AvgIpc) is 3.29. The van der Waals surface area contributed by atoms with Crippen LogP contribution in [-0.2, 0) is 11.2 Å². The average molecular weight is 349 g/mol. The summed E-state index contributed by atoms with van der Waals surface area (Å²) >= 11 is 0. The number of hydrogen-bond acceptors (Lipinski definition) is 3. The SMILES string of the molecule is COc1ccc([C@H]2CCN(C(=O)Cc3cn4cccc(C)c4n3)C2)cc1. The Morgan fingerprint density at radius 1 is 1.27 bits per heavy atom. The minimum Gasteiger partial charge on any atom is -0.497 e. The fourth-order valence-electron chi connectivity index (χ4n) is 3.69. The van der Waals surface area contributed by atoms with E-state index in [9.17, 15) is 4.79 Å². The van der Waals surface area contributed by atoms with Crippen molar-refractivity contribution < 1.29 is 9.53 Å². The third-order valence-corrected chi connectivity index (χ3v) is 5.19. The van der Waals surface area contributed by atoms with Gasteiger partial charge >= 0.3 is 0 Å². The van der Waals surface area contributed by atoms with Crippen LogP contribution in [-0.4, -0.2) is 40.4 Å². The van der Waals surface area contributed by atoms with Gasteiger partial charge in [-0.1, -0.05) is 18.2 Å². The van der Waals surface area contributed by atoms with Gasteiger partial charge < -0.3 is 14.0 Å². The van der Waals surface area contributed by atoms with Crippen molar-refractivity contribution in [2.75, 3.05) is 20.2 Å². The zero-order valence-electron chi connectivity index (χ0n) is 15.2. The number of methoxy groups -OCH3 is 1. The Labute approximate surface area is 153 Å². The Bertz CT molecular complexity index is 930. The third kappa shape index (κ3) is 3.17. The number of hydrogen-bond donors (Lipinski definition) is 0. The molecule has 1 fully saturated rings. The van der Waals surface area contributed by atoms with Crippen molar-refractivity contribution in [3.8, 4) is 5.75 Å². The first kappa shape index (κ1) is 16.6. The minimum atomic E-state index is 0.155. The lowest BCUT2D eigenvalue weighted by Gasteiger charge is -2.16. The largest absolute Gasteiger partial charge is 0.497 e. The summed E-state index contributed by atoms with van der Waals surface area (Å²) in [6, 6.07) is 12.2. The number of benzene rings is 1. The Balaban J connectivity index is 1.42. The van der Waals surface area contributed by atoms with E-state index in [0.717, 1.165) is 42.2 Å². The molecular formula is C21H23N3O2. The maximum absolute atomic E-state index is 12.7. The van der Waals surface area contributed by atoms with Gasteiger partial charge in [-0.15, -0.1) is 0 Å². The van der Waals surface area contributed by atoms with Crippen LogP contribution in [0.2, 0.25) is 0 Å². The smallest absolute Gasteiger partial charge is 0.228 e. The van der Waals surface area contributed by atoms with E-state index in [1.54, 1.807) is 7.11 Å². The van der Waals surface area contributed by atoms with Crippen LogP contribution in [0.25, 0.3) is 5.65 Å². The van der Waals surface area contributed by atoms with Gasteiger partial charge in [-0.05, 0) is 42.7 Å². The van der Waals surface area contributed by atoms with Crippen LogP contribution in [0.3, 0.4) is 0 Å². The van der Waals surface area contributed by atoms with Crippen LogP contribution in [0.4, 0.5) is 0 Å². The van der Waals surface area contributed by atoms with Crippen LogP contribution in [0.5, 0.6) is 5.75 Å². The summed E-state index contributed by atoms with van der Waals surface area (Å²) < 4.78 is 7.21. The lowest BCUT2D eigenvalue weighted by molar-refractivity contribution is -0.129. The second kappa shape index (κ2) is 6.83. The van der Waals surface area contributed by atoms with Gasteiger partial charge in [0.2, 0.25) is 5.91 Å². The number of carbonyl (C=O) groups is 1. The van der Waals surface area contributed by atoms with Crippen molar-refractivity contribution in [3.05, 3.63) is 65.6 Å². The molecule has 1 aromatic carbocycles. The molecule has 0 saturated carbocycles. The summed E-state index contributed by atoms with van der Waals surface area (Å²) in [6.45, 7) is 3.62. The number of amides is 1. The lowest BCUT2D eigenvalue weighted by atomic mass is 9.98. The normalized spacial score (nSPS) is 17.0. The van der Waals surface area contributed by atoms with Crippen molar-refractivity contribution in [1.29, 1.82) is 0 Å². The van der Waals surface area contributed by atoms with E-state index in [4.69, 9.17) is 4.74 Å². The van der Waals surface area contributed by atoms with E-state index >= 15 is 0 Å². The highest BCUT2D eigenvalue weighted by molar-refractivity contribution is 5.79. The Hall–Kier alpha value is -2.82. The van der Waals surface area contributed by atoms with Crippen LogP contribution in [0, 0.1) is 6.92 Å². The van der Waals surface area contributed by atoms with Crippen molar-refractivity contribution in [2.24, 2.45) is 0 Å². The molecule has 1 amide bonds. The molecule has 3 aromatic rings. The van der Waals surface area contributed by atoms with E-state index in [0.29, 0.717) is 12.3 Å². The molecule has 1 aliphatic rings. The van der Waals surface area contributed by atoms with E-state index < -0.39 is 0 Å². The number of pyridine rings is 1. The van der Waals surface area contributed by atoms with E-state index in [-0.39, 0.29) is 5.91 Å². The number of aryl methyl sites for hydroxylation is 1. The molecule has 0 unspecified atom stereocenters. The van der Waals surface area contributed by atoms with Crippen LogP contribution in [0.15, 0.2) is 48.8 Å². The maximum atomic E-state index is 12.7. The quantitative estimate of drug-likeness (QED) is 0.727. The summed E-state index contributed by atoms with van der Waals surface area (Å²) in [5, 5.41) is 0. The van der Waals surface area contributed by atoms with Crippen molar-refractivity contribution in [3.63, 3.8) is 0 Å². The standard InChI is InChI=1S/C21H23N3O2/c1-15-4-3-10-24-14-18(22-21(15)24)12-20(25)23-11-9-17(13-23)16-5-7-19(26-2)8-6-16/h3-8,10,14,17H,9,11-13H2,1-2H3/t17-/m0/s1. The highest BCUT2D eigenvalue weighted by Gasteiger charge is 2.27. The highest BCUT2D eigenvalue weighted by Crippen LogP contribution is 2.28. The molecule has 5 heteroatoms. The van der Waals surface area contributed by atoms with Gasteiger partial charge in [-0.2, -0.15) is 0 Å². The zero-order valence-corrected chi connectivity index (χ0v) is 15.2. The van der Waals surface area contributed by atoms with Crippen LogP contribution >= 0.6 is 0 Å². The number of rotatable bonds is 4. The molecule has 0 N–H and O–H groups in total. The molecule has 1 aliphatic heterocycles. The number of fused-ring (bicyclic) bond motifs is 1. The van der Waals surface area contributed by atoms with Gasteiger partial charge in [0.15, 0.2) is 0 Å². The number of nitrogens with zero attached hydrogens (tertiary/aromatic N) is 3. The minimum absolute atomic E-state index is 0.155. The van der Waals surface area contributed by atoms with E-state index in [2.05, 4.69) is 17.1 Å². The summed E-state index contributed by atoms with van der Waals surface area (Å²) in [6.07, 6.45) is 5.29. The predicted molar refractivity (Wildman–Crippen MR) is 101 cm³/mol. The number of likely N-dealkylation sites (tertiary alicyclic amines) is 1. The van der Waals surface area contributed by atoms with Crippen molar-refractivity contribution in [2.45, 2.75) is 25.7 Å². The van der Waals surface area contributed by atoms with Crippen molar-refractivity contribution in [1.82, 2.24) is 14.3 Å². The molecular weight excluding hydrogens is 326 g/mol. The zero-order chi connectivity index (χ0) is 18.1. The fraction of sp³-hybridized carbons (Fsp3) is 0.333. The summed E-state index contributed by atoms with van der Waals surface area (Å²) in [4.78, 5) is 19.3. The molecule has 134 valence electrons. The number of aromatic nitrogens is 2. The molecule has 5 nitrogen and oxygen atoms in total. The molecule has 1 saturated heterocycles. The molecule has 0 spiro atoms. The number of imidazole rings is 1. The summed E-state index contributed by atoms with van der Waals surface area (Å²) in [5.74, 6) is 1.41. The topological polar surface area (TPSA) is 46.8 Å². The lowest BCUT2D eigenvalue weighted by Crippen LogP contribution is -2.30. The monoisotopic (exact) mass is 349 g/mol. The molecule has 3 heterocycles. The first-order valence-electron chi connectivity index (χ1n) is 8.99. The van der Waals surface area contributed by atoms with Gasteiger partial charge in [0.1, 0.15) is 11.4 Å². The predicted octanol–water partition coefficient (Wildman–Crippen LogP) is 3.21. The molecule has 0 aliphatic carbocycles. The third-order valence-electron chi connectivity index (χ3n) is 5.19. The maximum Gasteiger partial charge on any atom is 0.228 e. The second-order valence-electron chi connectivity index (χ2n) is 6.93. The Morgan fingerprint density at radius 2 is 2.08 bits per heavy atom. The van der Waals surface area contributed by atoms with Gasteiger partial charge in [0.25, 0.3) is 0 Å². The van der Waals surface area contributed by atoms with E-state index in [1.165, 1.54) is 5.56 Å². The van der Waals surface area contributed by atoms with Crippen LogP contribution < -0.4 is 4.74 Å². The molecule has 1 atom stereocenters. The summed E-state index contributed by atoms with van der Waals surface area (Å²) in [7, 11) is 1.67. The van der Waals surface area contributed by atoms with E-state index in [1.807, 2.05) is 52.9 Å². The Kier molecular flexibility index (Phi) is 4.37. The van der Waals surface area contributed by atoms with Crippen LogP contribution in [0.1, 0.15) is 29.2 Å². The number of ether oxygens (including phenoxy) is 1. The fourth-order valence-corrected chi connectivity index (χ4v) is 3.69. The molecule has 0 radical (unpaired) electrons. The van der Waals surface area contributed by atoms with Gasteiger partial charge in [0, 0.05) is 31.4 Å². The van der Waals surface area contributed by atoms with Crippen molar-refractivity contribution >= 4 is 11.6 Å². The van der Waals surface area contributed by atoms with Gasteiger partial charge in [-0.3, -0.25) is 4.79 Å².